The number of aromatic nitrogens is 2. The van der Waals surface area contributed by atoms with E-state index in [-0.39, 0.29) is 0 Å². The zero-order chi connectivity index (χ0) is 8.13. The molecule has 0 amide bonds. The van der Waals surface area contributed by atoms with E-state index in [0.717, 1.165) is 22.2 Å². The zero-order valence-electron chi connectivity index (χ0n) is 6.59. The van der Waals surface area contributed by atoms with Gasteiger partial charge in [0.1, 0.15) is 4.60 Å². The minimum atomic E-state index is 0.726. The SMILES string of the molecule is Brc1nn(C2CC2)c2c1CSC2. The third-order valence-electron chi connectivity index (χ3n) is 2.45. The summed E-state index contributed by atoms with van der Waals surface area (Å²) >= 11 is 5.51. The van der Waals surface area contributed by atoms with Crippen molar-refractivity contribution < 1.29 is 0 Å². The molecule has 0 saturated heterocycles. The van der Waals surface area contributed by atoms with Crippen LogP contribution in [0.3, 0.4) is 0 Å². The number of nitrogens with zero attached hydrogens (tertiary/aromatic N) is 2. The predicted octanol–water partition coefficient (Wildman–Crippen LogP) is 2.73. The van der Waals surface area contributed by atoms with Crippen LogP contribution in [-0.2, 0) is 11.5 Å². The topological polar surface area (TPSA) is 17.8 Å². The van der Waals surface area contributed by atoms with Crippen molar-refractivity contribution in [3.8, 4) is 0 Å². The smallest absolute Gasteiger partial charge is 0.132 e. The predicted molar refractivity (Wildman–Crippen MR) is 53.2 cm³/mol. The second-order valence-corrected chi connectivity index (χ2v) is 5.12. The van der Waals surface area contributed by atoms with Crippen LogP contribution in [0.15, 0.2) is 4.60 Å². The Hall–Kier alpha value is 0.0400. The quantitative estimate of drug-likeness (QED) is 0.757. The van der Waals surface area contributed by atoms with E-state index < -0.39 is 0 Å². The van der Waals surface area contributed by atoms with Gasteiger partial charge in [0.05, 0.1) is 11.7 Å². The van der Waals surface area contributed by atoms with Crippen molar-refractivity contribution in [1.29, 1.82) is 0 Å². The summed E-state index contributed by atoms with van der Waals surface area (Å²) in [5.74, 6) is 2.30. The molecule has 1 aliphatic carbocycles. The first-order valence-corrected chi connectivity index (χ1v) is 6.14. The largest absolute Gasteiger partial charge is 0.264 e. The highest BCUT2D eigenvalue weighted by molar-refractivity contribution is 9.10. The van der Waals surface area contributed by atoms with Crippen molar-refractivity contribution in [2.75, 3.05) is 0 Å². The molecule has 3 rings (SSSR count). The third-order valence-corrected chi connectivity index (χ3v) is 4.05. The van der Waals surface area contributed by atoms with Gasteiger partial charge in [0.2, 0.25) is 0 Å². The fourth-order valence-corrected chi connectivity index (χ4v) is 3.47. The van der Waals surface area contributed by atoms with Gasteiger partial charge in [-0.05, 0) is 28.8 Å². The monoisotopic (exact) mass is 244 g/mol. The fourth-order valence-electron chi connectivity index (χ4n) is 1.64. The Balaban J connectivity index is 2.13. The molecule has 1 fully saturated rings. The Labute approximate surface area is 83.8 Å². The molecule has 0 unspecified atom stereocenters. The molecule has 0 N–H and O–H groups in total. The number of hydrogen-bond acceptors (Lipinski definition) is 2. The summed E-state index contributed by atoms with van der Waals surface area (Å²) in [6.45, 7) is 0. The molecule has 0 bridgehead atoms. The van der Waals surface area contributed by atoms with Crippen molar-refractivity contribution in [2.45, 2.75) is 30.4 Å². The summed E-state index contributed by atoms with van der Waals surface area (Å²) in [5, 5.41) is 4.51. The lowest BCUT2D eigenvalue weighted by molar-refractivity contribution is 0.616. The van der Waals surface area contributed by atoms with E-state index in [0.29, 0.717) is 0 Å². The van der Waals surface area contributed by atoms with Crippen molar-refractivity contribution >= 4 is 27.7 Å². The van der Waals surface area contributed by atoms with Crippen molar-refractivity contribution in [1.82, 2.24) is 9.78 Å². The molecule has 4 heteroatoms. The molecule has 0 atom stereocenters. The summed E-state index contributed by atoms with van der Waals surface area (Å²) in [6, 6.07) is 0.726. The van der Waals surface area contributed by atoms with Crippen LogP contribution in [0.25, 0.3) is 0 Å². The van der Waals surface area contributed by atoms with Crippen LogP contribution in [0, 0.1) is 0 Å². The summed E-state index contributed by atoms with van der Waals surface area (Å²) < 4.78 is 3.31. The van der Waals surface area contributed by atoms with Crippen molar-refractivity contribution in [2.24, 2.45) is 0 Å². The highest BCUT2D eigenvalue weighted by Gasteiger charge is 2.31. The Morgan fingerprint density at radius 3 is 3.00 bits per heavy atom. The van der Waals surface area contributed by atoms with Crippen LogP contribution in [0.1, 0.15) is 30.1 Å². The maximum absolute atomic E-state index is 4.51. The van der Waals surface area contributed by atoms with Crippen LogP contribution >= 0.6 is 27.7 Å². The molecule has 1 aliphatic heterocycles. The summed E-state index contributed by atoms with van der Waals surface area (Å²) in [5.41, 5.74) is 2.90. The molecule has 0 spiro atoms. The molecule has 0 aromatic carbocycles. The summed E-state index contributed by atoms with van der Waals surface area (Å²) in [6.07, 6.45) is 2.65. The van der Waals surface area contributed by atoms with Gasteiger partial charge in [0, 0.05) is 17.1 Å². The molecule has 64 valence electrons. The standard InChI is InChI=1S/C8H9BrN2S/c9-8-6-3-12-4-7(6)11(10-8)5-1-2-5/h5H,1-4H2. The van der Waals surface area contributed by atoms with Crippen LogP contribution in [0.4, 0.5) is 0 Å². The first-order chi connectivity index (χ1) is 5.86. The fraction of sp³-hybridized carbons (Fsp3) is 0.625. The van der Waals surface area contributed by atoms with E-state index in [2.05, 4.69) is 25.7 Å². The minimum absolute atomic E-state index is 0.726. The van der Waals surface area contributed by atoms with Crippen LogP contribution < -0.4 is 0 Å². The molecular weight excluding hydrogens is 236 g/mol. The van der Waals surface area contributed by atoms with E-state index in [9.17, 15) is 0 Å². The highest BCUT2D eigenvalue weighted by Crippen LogP contribution is 2.42. The molecule has 2 nitrogen and oxygen atoms in total. The first-order valence-electron chi connectivity index (χ1n) is 4.20. The van der Waals surface area contributed by atoms with E-state index in [1.165, 1.54) is 24.1 Å². The van der Waals surface area contributed by atoms with E-state index >= 15 is 0 Å². The zero-order valence-corrected chi connectivity index (χ0v) is 8.99. The average Bonchev–Trinajstić information content (AvgIpc) is 2.68. The molecule has 2 aliphatic rings. The lowest BCUT2D eigenvalue weighted by atomic mass is 10.3. The number of rotatable bonds is 1. The van der Waals surface area contributed by atoms with Crippen LogP contribution in [0.2, 0.25) is 0 Å². The molecule has 2 heterocycles. The Morgan fingerprint density at radius 2 is 2.25 bits per heavy atom. The van der Waals surface area contributed by atoms with Gasteiger partial charge < -0.3 is 0 Å². The van der Waals surface area contributed by atoms with Gasteiger partial charge in [-0.1, -0.05) is 0 Å². The molecule has 1 aromatic rings. The van der Waals surface area contributed by atoms with Crippen molar-refractivity contribution in [3.63, 3.8) is 0 Å². The van der Waals surface area contributed by atoms with E-state index in [4.69, 9.17) is 0 Å². The Kier molecular flexibility index (Phi) is 1.56. The van der Waals surface area contributed by atoms with Gasteiger partial charge in [-0.25, -0.2) is 0 Å². The number of fused-ring (bicyclic) bond motifs is 1. The molecule has 0 radical (unpaired) electrons. The molecular formula is C8H9BrN2S. The maximum Gasteiger partial charge on any atom is 0.132 e. The number of hydrogen-bond donors (Lipinski definition) is 0. The van der Waals surface area contributed by atoms with Crippen molar-refractivity contribution in [3.05, 3.63) is 15.9 Å². The normalized spacial score (nSPS) is 21.4. The van der Waals surface area contributed by atoms with Gasteiger partial charge in [0.25, 0.3) is 0 Å². The first kappa shape index (κ1) is 7.44. The molecule has 1 saturated carbocycles. The van der Waals surface area contributed by atoms with Gasteiger partial charge in [-0.15, -0.1) is 0 Å². The third kappa shape index (κ3) is 0.973. The molecule has 12 heavy (non-hydrogen) atoms. The highest BCUT2D eigenvalue weighted by atomic mass is 79.9. The second kappa shape index (κ2) is 2.51. The van der Waals surface area contributed by atoms with E-state index in [1.54, 1.807) is 0 Å². The lowest BCUT2D eigenvalue weighted by Crippen LogP contribution is -1.99. The lowest BCUT2D eigenvalue weighted by Gasteiger charge is -2.00. The Morgan fingerprint density at radius 1 is 1.42 bits per heavy atom. The minimum Gasteiger partial charge on any atom is -0.264 e. The van der Waals surface area contributed by atoms with Gasteiger partial charge >= 0.3 is 0 Å². The number of thioether (sulfide) groups is 1. The maximum atomic E-state index is 4.51. The summed E-state index contributed by atoms with van der Waals surface area (Å²) in [7, 11) is 0. The van der Waals surface area contributed by atoms with E-state index in [1.807, 2.05) is 11.8 Å². The molecule has 1 aromatic heterocycles. The Bertz CT molecular complexity index is 330. The second-order valence-electron chi connectivity index (χ2n) is 3.38. The summed E-state index contributed by atoms with van der Waals surface area (Å²) in [4.78, 5) is 0. The van der Waals surface area contributed by atoms with Crippen LogP contribution in [0.5, 0.6) is 0 Å². The van der Waals surface area contributed by atoms with Gasteiger partial charge in [-0.3, -0.25) is 4.68 Å². The van der Waals surface area contributed by atoms with Gasteiger partial charge in [0.15, 0.2) is 0 Å². The average molecular weight is 245 g/mol. The van der Waals surface area contributed by atoms with Gasteiger partial charge in [-0.2, -0.15) is 16.9 Å². The van der Waals surface area contributed by atoms with Crippen LogP contribution in [-0.4, -0.2) is 9.78 Å². The number of halogens is 1.